The van der Waals surface area contributed by atoms with Crippen LogP contribution in [0.1, 0.15) is 11.1 Å². The molecule has 0 aliphatic rings. The molecule has 1 rings (SSSR count). The van der Waals surface area contributed by atoms with E-state index < -0.39 is 18.5 Å². The van der Waals surface area contributed by atoms with E-state index in [4.69, 9.17) is 5.73 Å². The smallest absolute Gasteiger partial charge is 0.326 e. The van der Waals surface area contributed by atoms with Gasteiger partial charge in [0.05, 0.1) is 6.54 Å². The van der Waals surface area contributed by atoms with Crippen molar-refractivity contribution in [1.82, 2.24) is 4.90 Å². The van der Waals surface area contributed by atoms with Crippen molar-refractivity contribution < 1.29 is 17.6 Å². The average molecular weight is 250 g/mol. The zero-order valence-corrected chi connectivity index (χ0v) is 9.39. The van der Waals surface area contributed by atoms with E-state index in [1.165, 1.54) is 19.2 Å². The first-order valence-electron chi connectivity index (χ1n) is 5.05. The summed E-state index contributed by atoms with van der Waals surface area (Å²) in [5.74, 6) is -0.524. The summed E-state index contributed by atoms with van der Waals surface area (Å²) in [6, 6.07) is 4.56. The van der Waals surface area contributed by atoms with E-state index >= 15 is 0 Å². The van der Waals surface area contributed by atoms with Crippen LogP contribution in [0.5, 0.6) is 0 Å². The largest absolute Gasteiger partial charge is 0.401 e. The molecule has 0 saturated heterocycles. The molecule has 0 saturated carbocycles. The lowest BCUT2D eigenvalue weighted by Gasteiger charge is -2.19. The van der Waals surface area contributed by atoms with Gasteiger partial charge in [0.15, 0.2) is 0 Å². The topological polar surface area (TPSA) is 29.3 Å². The van der Waals surface area contributed by atoms with Crippen molar-refractivity contribution in [1.29, 1.82) is 0 Å². The van der Waals surface area contributed by atoms with Crippen LogP contribution in [0.25, 0.3) is 0 Å². The number of nitrogens with zero attached hydrogens (tertiary/aromatic N) is 1. The summed E-state index contributed by atoms with van der Waals surface area (Å²) >= 11 is 0. The molecule has 6 heteroatoms. The molecule has 0 radical (unpaired) electrons. The summed E-state index contributed by atoms with van der Waals surface area (Å²) in [6.07, 6.45) is -4.28. The Hall–Kier alpha value is -1.14. The van der Waals surface area contributed by atoms with Gasteiger partial charge in [0.1, 0.15) is 5.82 Å². The van der Waals surface area contributed by atoms with Gasteiger partial charge in [-0.1, -0.05) is 18.2 Å². The lowest BCUT2D eigenvalue weighted by Crippen LogP contribution is -2.30. The molecule has 0 amide bonds. The number of hydrogen-bond acceptors (Lipinski definition) is 2. The minimum absolute atomic E-state index is 0.0304. The van der Waals surface area contributed by atoms with Crippen molar-refractivity contribution in [3.8, 4) is 0 Å². The summed E-state index contributed by atoms with van der Waals surface area (Å²) in [5.41, 5.74) is 5.85. The van der Waals surface area contributed by atoms with Gasteiger partial charge in [-0.2, -0.15) is 13.2 Å². The molecule has 1 aromatic rings. The fraction of sp³-hybridized carbons (Fsp3) is 0.455. The third-order valence-corrected chi connectivity index (χ3v) is 2.27. The SMILES string of the molecule is CN(Cc1cccc(CN)c1F)CC(F)(F)F. The highest BCUT2D eigenvalue weighted by atomic mass is 19.4. The summed E-state index contributed by atoms with van der Waals surface area (Å²) in [7, 11) is 1.29. The second-order valence-corrected chi connectivity index (χ2v) is 3.88. The van der Waals surface area contributed by atoms with Gasteiger partial charge < -0.3 is 5.73 Å². The number of nitrogens with two attached hydrogens (primary N) is 1. The molecular weight excluding hydrogens is 236 g/mol. The van der Waals surface area contributed by atoms with Crippen LogP contribution in [-0.2, 0) is 13.1 Å². The monoisotopic (exact) mass is 250 g/mol. The Labute approximate surface area is 97.0 Å². The van der Waals surface area contributed by atoms with Gasteiger partial charge in [-0.25, -0.2) is 4.39 Å². The Morgan fingerprint density at radius 3 is 2.35 bits per heavy atom. The zero-order valence-electron chi connectivity index (χ0n) is 9.39. The molecule has 17 heavy (non-hydrogen) atoms. The van der Waals surface area contributed by atoms with E-state index in [0.717, 1.165) is 4.90 Å². The van der Waals surface area contributed by atoms with Gasteiger partial charge in [0.2, 0.25) is 0 Å². The van der Waals surface area contributed by atoms with Gasteiger partial charge in [-0.05, 0) is 7.05 Å². The van der Waals surface area contributed by atoms with E-state index in [2.05, 4.69) is 0 Å². The van der Waals surface area contributed by atoms with Crippen molar-refractivity contribution in [2.75, 3.05) is 13.6 Å². The number of rotatable bonds is 4. The molecule has 0 unspecified atom stereocenters. The predicted octanol–water partition coefficient (Wildman–Crippen LogP) is 2.28. The molecule has 0 atom stereocenters. The first-order chi connectivity index (χ1) is 7.83. The fourth-order valence-electron chi connectivity index (χ4n) is 1.57. The highest BCUT2D eigenvalue weighted by molar-refractivity contribution is 5.25. The van der Waals surface area contributed by atoms with Crippen LogP contribution in [0.4, 0.5) is 17.6 Å². The van der Waals surface area contributed by atoms with Crippen LogP contribution in [0.15, 0.2) is 18.2 Å². The Bertz CT molecular complexity index is 376. The fourth-order valence-corrected chi connectivity index (χ4v) is 1.57. The van der Waals surface area contributed by atoms with Crippen LogP contribution in [0.3, 0.4) is 0 Å². The Balaban J connectivity index is 2.75. The lowest BCUT2D eigenvalue weighted by molar-refractivity contribution is -0.144. The first-order valence-corrected chi connectivity index (χ1v) is 5.05. The van der Waals surface area contributed by atoms with Crippen molar-refractivity contribution in [3.05, 3.63) is 35.1 Å². The molecule has 0 aromatic heterocycles. The van der Waals surface area contributed by atoms with Crippen molar-refractivity contribution in [2.45, 2.75) is 19.3 Å². The van der Waals surface area contributed by atoms with Crippen LogP contribution >= 0.6 is 0 Å². The van der Waals surface area contributed by atoms with E-state index in [1.807, 2.05) is 0 Å². The quantitative estimate of drug-likeness (QED) is 0.831. The summed E-state index contributed by atoms with van der Waals surface area (Å²) in [6.45, 7) is -1.14. The molecule has 0 spiro atoms. The van der Waals surface area contributed by atoms with Gasteiger partial charge in [-0.3, -0.25) is 4.90 Å². The maximum atomic E-state index is 13.7. The van der Waals surface area contributed by atoms with Crippen molar-refractivity contribution in [2.24, 2.45) is 5.73 Å². The Morgan fingerprint density at radius 1 is 1.24 bits per heavy atom. The molecule has 0 bridgehead atoms. The molecule has 2 nitrogen and oxygen atoms in total. The number of halogens is 4. The Morgan fingerprint density at radius 2 is 1.82 bits per heavy atom. The van der Waals surface area contributed by atoms with E-state index in [0.29, 0.717) is 5.56 Å². The number of hydrogen-bond donors (Lipinski definition) is 1. The molecular formula is C11H14F4N2. The standard InChI is InChI=1S/C11H14F4N2/c1-17(7-11(13,14)15)6-9-4-2-3-8(5-16)10(9)12/h2-4H,5-7,16H2,1H3. The van der Waals surface area contributed by atoms with Crippen LogP contribution < -0.4 is 5.73 Å². The maximum absolute atomic E-state index is 13.7. The van der Waals surface area contributed by atoms with Gasteiger partial charge in [-0.15, -0.1) is 0 Å². The molecule has 0 aliphatic carbocycles. The maximum Gasteiger partial charge on any atom is 0.401 e. The van der Waals surface area contributed by atoms with Crippen LogP contribution in [0, 0.1) is 5.82 Å². The van der Waals surface area contributed by atoms with Gasteiger partial charge >= 0.3 is 6.18 Å². The molecule has 1 aromatic carbocycles. The minimum atomic E-state index is -4.28. The highest BCUT2D eigenvalue weighted by Crippen LogP contribution is 2.19. The number of benzene rings is 1. The highest BCUT2D eigenvalue weighted by Gasteiger charge is 2.29. The first kappa shape index (κ1) is 13.9. The van der Waals surface area contributed by atoms with Gasteiger partial charge in [0.25, 0.3) is 0 Å². The molecule has 0 heterocycles. The van der Waals surface area contributed by atoms with Crippen LogP contribution in [-0.4, -0.2) is 24.7 Å². The number of alkyl halides is 3. The summed E-state index contributed by atoms with van der Waals surface area (Å²) < 4.78 is 50.0. The zero-order chi connectivity index (χ0) is 13.1. The lowest BCUT2D eigenvalue weighted by atomic mass is 10.1. The van der Waals surface area contributed by atoms with Crippen molar-refractivity contribution in [3.63, 3.8) is 0 Å². The minimum Gasteiger partial charge on any atom is -0.326 e. The molecule has 0 aliphatic heterocycles. The third kappa shape index (κ3) is 4.32. The average Bonchev–Trinajstić information content (AvgIpc) is 2.18. The van der Waals surface area contributed by atoms with E-state index in [1.54, 1.807) is 6.07 Å². The third-order valence-electron chi connectivity index (χ3n) is 2.27. The van der Waals surface area contributed by atoms with E-state index in [-0.39, 0.29) is 18.7 Å². The normalized spacial score (nSPS) is 12.2. The Kier molecular flexibility index (Phi) is 4.47. The summed E-state index contributed by atoms with van der Waals surface area (Å²) in [5, 5.41) is 0. The summed E-state index contributed by atoms with van der Waals surface area (Å²) in [4.78, 5) is 1.01. The van der Waals surface area contributed by atoms with Crippen molar-refractivity contribution >= 4 is 0 Å². The van der Waals surface area contributed by atoms with Crippen LogP contribution in [0.2, 0.25) is 0 Å². The second-order valence-electron chi connectivity index (χ2n) is 3.88. The van der Waals surface area contributed by atoms with Gasteiger partial charge in [0, 0.05) is 24.2 Å². The van der Waals surface area contributed by atoms with E-state index in [9.17, 15) is 17.6 Å². The predicted molar refractivity (Wildman–Crippen MR) is 56.7 cm³/mol. The second kappa shape index (κ2) is 5.46. The molecule has 96 valence electrons. The molecule has 0 fully saturated rings. The molecule has 2 N–H and O–H groups in total.